The van der Waals surface area contributed by atoms with Crippen molar-refractivity contribution in [1.29, 1.82) is 0 Å². The van der Waals surface area contributed by atoms with Crippen molar-refractivity contribution in [2.75, 3.05) is 51.8 Å². The van der Waals surface area contributed by atoms with E-state index in [1.165, 1.54) is 0 Å². The van der Waals surface area contributed by atoms with Gasteiger partial charge in [-0.15, -0.1) is 0 Å². The first-order valence-corrected chi connectivity index (χ1v) is 9.32. The zero-order valence-corrected chi connectivity index (χ0v) is 16.1. The minimum Gasteiger partial charge on any atom is -0.497 e. The van der Waals surface area contributed by atoms with Crippen LogP contribution in [0, 0.1) is 0 Å². The minimum absolute atomic E-state index is 0.0774. The summed E-state index contributed by atoms with van der Waals surface area (Å²) in [5.74, 6) is 1.65. The van der Waals surface area contributed by atoms with Gasteiger partial charge in [0.1, 0.15) is 18.1 Å². The zero-order chi connectivity index (χ0) is 19.1. The van der Waals surface area contributed by atoms with Gasteiger partial charge in [-0.3, -0.25) is 4.90 Å². The minimum atomic E-state index is -0.0774. The predicted molar refractivity (Wildman–Crippen MR) is 107 cm³/mol. The Morgan fingerprint density at radius 3 is 2.26 bits per heavy atom. The first-order valence-electron chi connectivity index (χ1n) is 8.95. The molecular formula is C20H24ClN3O3. The summed E-state index contributed by atoms with van der Waals surface area (Å²) in [7, 11) is 1.64. The number of carbonyl (C=O) groups is 1. The highest BCUT2D eigenvalue weighted by Gasteiger charge is 2.21. The molecule has 0 atom stereocenters. The highest BCUT2D eigenvalue weighted by Crippen LogP contribution is 2.17. The fourth-order valence-corrected chi connectivity index (χ4v) is 3.00. The van der Waals surface area contributed by atoms with Gasteiger partial charge >= 0.3 is 6.03 Å². The maximum atomic E-state index is 12.3. The van der Waals surface area contributed by atoms with Crippen LogP contribution in [0.1, 0.15) is 0 Å². The van der Waals surface area contributed by atoms with Crippen molar-refractivity contribution >= 4 is 23.3 Å². The van der Waals surface area contributed by atoms with Gasteiger partial charge in [0, 0.05) is 43.4 Å². The van der Waals surface area contributed by atoms with Crippen LogP contribution in [-0.4, -0.2) is 62.3 Å². The van der Waals surface area contributed by atoms with E-state index >= 15 is 0 Å². The molecule has 1 saturated heterocycles. The molecule has 0 unspecified atom stereocenters. The van der Waals surface area contributed by atoms with Crippen molar-refractivity contribution in [3.05, 3.63) is 53.6 Å². The monoisotopic (exact) mass is 389 g/mol. The number of urea groups is 1. The van der Waals surface area contributed by atoms with Gasteiger partial charge in [-0.2, -0.15) is 0 Å². The Bertz CT molecular complexity index is 729. The molecule has 2 amide bonds. The van der Waals surface area contributed by atoms with E-state index in [4.69, 9.17) is 21.1 Å². The van der Waals surface area contributed by atoms with E-state index in [-0.39, 0.29) is 6.03 Å². The standard InChI is InChI=1S/C20H24ClN3O3/c1-26-18-6-8-19(9-7-18)27-15-14-23-10-12-24(13-11-23)20(25)22-17-4-2-16(21)3-5-17/h2-9H,10-15H2,1H3,(H,22,25). The highest BCUT2D eigenvalue weighted by atomic mass is 35.5. The third-order valence-electron chi connectivity index (χ3n) is 4.49. The summed E-state index contributed by atoms with van der Waals surface area (Å²) in [6.45, 7) is 4.51. The number of hydrogen-bond donors (Lipinski definition) is 1. The summed E-state index contributed by atoms with van der Waals surface area (Å²) in [6, 6.07) is 14.6. The van der Waals surface area contributed by atoms with Gasteiger partial charge in [-0.1, -0.05) is 11.6 Å². The second-order valence-electron chi connectivity index (χ2n) is 6.29. The summed E-state index contributed by atoms with van der Waals surface area (Å²) < 4.78 is 10.9. The number of anilines is 1. The Morgan fingerprint density at radius 1 is 1.00 bits per heavy atom. The van der Waals surface area contributed by atoms with Crippen LogP contribution in [0.25, 0.3) is 0 Å². The lowest BCUT2D eigenvalue weighted by atomic mass is 10.3. The lowest BCUT2D eigenvalue weighted by molar-refractivity contribution is 0.132. The van der Waals surface area contributed by atoms with Gasteiger partial charge in [0.2, 0.25) is 0 Å². The third-order valence-corrected chi connectivity index (χ3v) is 4.74. The Hall–Kier alpha value is -2.44. The Labute approximate surface area is 164 Å². The molecule has 2 aromatic carbocycles. The van der Waals surface area contributed by atoms with Crippen LogP contribution in [0.4, 0.5) is 10.5 Å². The van der Waals surface area contributed by atoms with Gasteiger partial charge in [-0.25, -0.2) is 4.79 Å². The zero-order valence-electron chi connectivity index (χ0n) is 15.4. The first kappa shape index (κ1) is 19.3. The first-order chi connectivity index (χ1) is 13.1. The predicted octanol–water partition coefficient (Wildman–Crippen LogP) is 3.58. The summed E-state index contributed by atoms with van der Waals surface area (Å²) in [5.41, 5.74) is 0.750. The number of benzene rings is 2. The van der Waals surface area contributed by atoms with Crippen LogP contribution in [0.5, 0.6) is 11.5 Å². The maximum Gasteiger partial charge on any atom is 0.321 e. The normalized spacial score (nSPS) is 14.7. The lowest BCUT2D eigenvalue weighted by Gasteiger charge is -2.34. The highest BCUT2D eigenvalue weighted by molar-refractivity contribution is 6.30. The number of ether oxygens (including phenoxy) is 2. The van der Waals surface area contributed by atoms with Crippen molar-refractivity contribution in [2.45, 2.75) is 0 Å². The van der Waals surface area contributed by atoms with Crippen molar-refractivity contribution in [3.63, 3.8) is 0 Å². The van der Waals surface area contributed by atoms with Crippen LogP contribution in [0.3, 0.4) is 0 Å². The number of nitrogens with zero attached hydrogens (tertiary/aromatic N) is 2. The van der Waals surface area contributed by atoms with Crippen LogP contribution < -0.4 is 14.8 Å². The van der Waals surface area contributed by atoms with Crippen molar-refractivity contribution in [2.24, 2.45) is 0 Å². The van der Waals surface area contributed by atoms with E-state index in [1.54, 1.807) is 31.4 Å². The number of amides is 2. The molecule has 144 valence electrons. The molecule has 1 aliphatic rings. The molecule has 0 aliphatic carbocycles. The van der Waals surface area contributed by atoms with Crippen molar-refractivity contribution in [1.82, 2.24) is 9.80 Å². The molecule has 1 N–H and O–H groups in total. The molecule has 0 radical (unpaired) electrons. The molecule has 2 aromatic rings. The Balaban J connectivity index is 1.36. The molecule has 1 aliphatic heterocycles. The van der Waals surface area contributed by atoms with Crippen LogP contribution in [0.15, 0.2) is 48.5 Å². The van der Waals surface area contributed by atoms with Crippen LogP contribution >= 0.6 is 11.6 Å². The molecular weight excluding hydrogens is 366 g/mol. The third kappa shape index (κ3) is 5.77. The number of rotatable bonds is 6. The second kappa shape index (κ2) is 9.48. The Morgan fingerprint density at radius 2 is 1.63 bits per heavy atom. The van der Waals surface area contributed by atoms with E-state index in [0.29, 0.717) is 24.7 Å². The molecule has 7 heteroatoms. The Kier molecular flexibility index (Phi) is 6.79. The molecule has 3 rings (SSSR count). The molecule has 6 nitrogen and oxygen atoms in total. The topological polar surface area (TPSA) is 54.0 Å². The number of nitrogens with one attached hydrogen (secondary N) is 1. The van der Waals surface area contributed by atoms with Gasteiger partial charge in [0.25, 0.3) is 0 Å². The van der Waals surface area contributed by atoms with Crippen molar-refractivity contribution < 1.29 is 14.3 Å². The average Bonchev–Trinajstić information content (AvgIpc) is 2.71. The summed E-state index contributed by atoms with van der Waals surface area (Å²) >= 11 is 5.86. The molecule has 1 fully saturated rings. The van der Waals surface area contributed by atoms with E-state index in [2.05, 4.69) is 10.2 Å². The average molecular weight is 390 g/mol. The van der Waals surface area contributed by atoms with Gasteiger partial charge < -0.3 is 19.7 Å². The van der Waals surface area contributed by atoms with E-state index < -0.39 is 0 Å². The molecule has 0 saturated carbocycles. The van der Waals surface area contributed by atoms with Crippen LogP contribution in [-0.2, 0) is 0 Å². The number of methoxy groups -OCH3 is 1. The van der Waals surface area contributed by atoms with Gasteiger partial charge in [0.05, 0.1) is 7.11 Å². The number of hydrogen-bond acceptors (Lipinski definition) is 4. The summed E-state index contributed by atoms with van der Waals surface area (Å²) in [4.78, 5) is 16.5. The SMILES string of the molecule is COc1ccc(OCCN2CCN(C(=O)Nc3ccc(Cl)cc3)CC2)cc1. The van der Waals surface area contributed by atoms with E-state index in [9.17, 15) is 4.79 Å². The largest absolute Gasteiger partial charge is 0.497 e. The van der Waals surface area contributed by atoms with Gasteiger partial charge in [-0.05, 0) is 48.5 Å². The molecule has 27 heavy (non-hydrogen) atoms. The summed E-state index contributed by atoms with van der Waals surface area (Å²) in [6.07, 6.45) is 0. The fourth-order valence-electron chi connectivity index (χ4n) is 2.87. The maximum absolute atomic E-state index is 12.3. The number of halogens is 1. The molecule has 0 aromatic heterocycles. The van der Waals surface area contributed by atoms with E-state index in [0.717, 1.165) is 36.8 Å². The van der Waals surface area contributed by atoms with Gasteiger partial charge in [0.15, 0.2) is 0 Å². The molecule has 0 bridgehead atoms. The van der Waals surface area contributed by atoms with E-state index in [1.807, 2.05) is 29.2 Å². The summed E-state index contributed by atoms with van der Waals surface area (Å²) in [5, 5.41) is 3.55. The van der Waals surface area contributed by atoms with Crippen molar-refractivity contribution in [3.8, 4) is 11.5 Å². The molecule has 1 heterocycles. The molecule has 0 spiro atoms. The quantitative estimate of drug-likeness (QED) is 0.820. The second-order valence-corrected chi connectivity index (χ2v) is 6.73. The van der Waals surface area contributed by atoms with Crippen LogP contribution in [0.2, 0.25) is 5.02 Å². The number of piperazine rings is 1. The fraction of sp³-hybridized carbons (Fsp3) is 0.350. The smallest absolute Gasteiger partial charge is 0.321 e. The lowest BCUT2D eigenvalue weighted by Crippen LogP contribution is -2.50. The number of carbonyl (C=O) groups excluding carboxylic acids is 1.